The fourth-order valence-corrected chi connectivity index (χ4v) is 2.43. The van der Waals surface area contributed by atoms with Gasteiger partial charge in [0, 0.05) is 11.6 Å². The molecule has 1 fully saturated rings. The zero-order chi connectivity index (χ0) is 13.1. The lowest BCUT2D eigenvalue weighted by Gasteiger charge is -2.00. The van der Waals surface area contributed by atoms with Crippen LogP contribution in [0.25, 0.3) is 0 Å². The Hall–Kier alpha value is -1.93. The van der Waals surface area contributed by atoms with Crippen LogP contribution >= 0.6 is 0 Å². The molecule has 2 aromatic rings. The molecule has 0 spiro atoms. The zero-order valence-electron chi connectivity index (χ0n) is 10.8. The van der Waals surface area contributed by atoms with Crippen molar-refractivity contribution in [1.29, 1.82) is 0 Å². The molecule has 2 heteroatoms. The molecule has 0 amide bonds. The Bertz CT molecular complexity index is 550. The molecule has 1 N–H and O–H groups in total. The van der Waals surface area contributed by atoms with Crippen LogP contribution in [0.4, 0.5) is 0 Å². The Balaban J connectivity index is 1.53. The Kier molecular flexibility index (Phi) is 3.43. The summed E-state index contributed by atoms with van der Waals surface area (Å²) >= 11 is 0. The molecule has 1 aliphatic heterocycles. The van der Waals surface area contributed by atoms with Crippen LogP contribution in [0.5, 0.6) is 0 Å². The number of aryl methyl sites for hydroxylation is 1. The van der Waals surface area contributed by atoms with Gasteiger partial charge in [0.05, 0.1) is 6.04 Å². The summed E-state index contributed by atoms with van der Waals surface area (Å²) in [5.74, 6) is 0.221. The molecule has 1 aliphatic rings. The molecule has 2 atom stereocenters. The van der Waals surface area contributed by atoms with E-state index in [1.165, 1.54) is 5.56 Å². The Morgan fingerprint density at radius 1 is 0.947 bits per heavy atom. The third kappa shape index (κ3) is 2.91. The van der Waals surface area contributed by atoms with Crippen LogP contribution < -0.4 is 5.32 Å². The van der Waals surface area contributed by atoms with Gasteiger partial charge in [0.15, 0.2) is 5.78 Å². The van der Waals surface area contributed by atoms with Gasteiger partial charge in [-0.2, -0.15) is 0 Å². The van der Waals surface area contributed by atoms with Crippen molar-refractivity contribution in [2.75, 3.05) is 0 Å². The number of rotatable bonds is 5. The molecule has 19 heavy (non-hydrogen) atoms. The van der Waals surface area contributed by atoms with Crippen LogP contribution in [-0.2, 0) is 6.42 Å². The molecule has 3 rings (SSSR count). The number of ketones is 1. The van der Waals surface area contributed by atoms with Crippen LogP contribution in [-0.4, -0.2) is 17.9 Å². The molecular weight excluding hydrogens is 234 g/mol. The van der Waals surface area contributed by atoms with Crippen molar-refractivity contribution < 1.29 is 4.79 Å². The maximum absolute atomic E-state index is 12.2. The van der Waals surface area contributed by atoms with E-state index in [0.717, 1.165) is 18.4 Å². The van der Waals surface area contributed by atoms with Gasteiger partial charge in [0.25, 0.3) is 0 Å². The molecule has 1 heterocycles. The number of Topliss-reactive ketones (excluding diaryl/α,β-unsaturated/α-hetero) is 1. The van der Waals surface area contributed by atoms with Gasteiger partial charge in [-0.1, -0.05) is 60.7 Å². The minimum absolute atomic E-state index is 0.0195. The van der Waals surface area contributed by atoms with Gasteiger partial charge in [0.1, 0.15) is 0 Å². The van der Waals surface area contributed by atoms with Gasteiger partial charge in [-0.3, -0.25) is 4.79 Å². The molecule has 0 bridgehead atoms. The fraction of sp³-hybridized carbons (Fsp3) is 0.235. The number of benzene rings is 2. The van der Waals surface area contributed by atoms with E-state index in [9.17, 15) is 4.79 Å². The van der Waals surface area contributed by atoms with Crippen molar-refractivity contribution in [3.63, 3.8) is 0 Å². The van der Waals surface area contributed by atoms with E-state index in [4.69, 9.17) is 0 Å². The third-order valence-corrected chi connectivity index (χ3v) is 3.61. The Labute approximate surface area is 113 Å². The van der Waals surface area contributed by atoms with Gasteiger partial charge in [-0.05, 0) is 18.4 Å². The average molecular weight is 251 g/mol. The monoisotopic (exact) mass is 251 g/mol. The summed E-state index contributed by atoms with van der Waals surface area (Å²) in [7, 11) is 0. The van der Waals surface area contributed by atoms with Gasteiger partial charge in [0.2, 0.25) is 0 Å². The molecule has 0 saturated carbocycles. The van der Waals surface area contributed by atoms with Gasteiger partial charge in [-0.25, -0.2) is 0 Å². The molecular formula is C17H17NO. The highest BCUT2D eigenvalue weighted by molar-refractivity contribution is 6.02. The lowest BCUT2D eigenvalue weighted by molar-refractivity contribution is 0.0988. The first-order valence-corrected chi connectivity index (χ1v) is 6.74. The molecule has 0 unspecified atom stereocenters. The maximum Gasteiger partial charge on any atom is 0.181 e. The average Bonchev–Trinajstić information content (AvgIpc) is 3.26. The zero-order valence-corrected chi connectivity index (χ0v) is 10.8. The first kappa shape index (κ1) is 12.1. The summed E-state index contributed by atoms with van der Waals surface area (Å²) < 4.78 is 0. The molecule has 0 radical (unpaired) electrons. The second-order valence-corrected chi connectivity index (χ2v) is 5.01. The van der Waals surface area contributed by atoms with Crippen LogP contribution in [0.15, 0.2) is 60.7 Å². The van der Waals surface area contributed by atoms with Crippen molar-refractivity contribution in [2.24, 2.45) is 0 Å². The molecule has 96 valence electrons. The number of carbonyl (C=O) groups is 1. The van der Waals surface area contributed by atoms with Crippen molar-refractivity contribution in [3.05, 3.63) is 71.8 Å². The molecule has 2 aromatic carbocycles. The highest BCUT2D eigenvalue weighted by atomic mass is 16.1. The second kappa shape index (κ2) is 5.37. The van der Waals surface area contributed by atoms with E-state index in [1.807, 2.05) is 36.4 Å². The summed E-state index contributed by atoms with van der Waals surface area (Å²) in [6.07, 6.45) is 2.05. The van der Waals surface area contributed by atoms with Gasteiger partial charge in [-0.15, -0.1) is 0 Å². The molecule has 1 saturated heterocycles. The Morgan fingerprint density at radius 2 is 1.58 bits per heavy atom. The minimum atomic E-state index is 0.0195. The summed E-state index contributed by atoms with van der Waals surface area (Å²) in [4.78, 5) is 12.2. The number of hydrogen-bond donors (Lipinski definition) is 1. The maximum atomic E-state index is 12.2. The fourth-order valence-electron chi connectivity index (χ4n) is 2.43. The Morgan fingerprint density at radius 3 is 2.26 bits per heavy atom. The molecule has 0 aromatic heterocycles. The standard InChI is InChI=1S/C17H17NO/c19-17(14-9-5-2-6-10-14)16-15(18-16)12-11-13-7-3-1-4-8-13/h1-10,15-16,18H,11-12H2/t15-,16+/m1/s1. The van der Waals surface area contributed by atoms with E-state index in [1.54, 1.807) is 0 Å². The van der Waals surface area contributed by atoms with Gasteiger partial charge < -0.3 is 5.32 Å². The topological polar surface area (TPSA) is 39.0 Å². The van der Waals surface area contributed by atoms with Crippen LogP contribution in [0.1, 0.15) is 22.3 Å². The predicted molar refractivity (Wildman–Crippen MR) is 76.2 cm³/mol. The summed E-state index contributed by atoms with van der Waals surface area (Å²) in [6, 6.07) is 20.3. The smallest absolute Gasteiger partial charge is 0.181 e. The first-order chi connectivity index (χ1) is 9.34. The minimum Gasteiger partial charge on any atom is -0.301 e. The quantitative estimate of drug-likeness (QED) is 0.655. The molecule has 0 aliphatic carbocycles. The van der Waals surface area contributed by atoms with E-state index in [-0.39, 0.29) is 11.8 Å². The normalized spacial score (nSPS) is 21.1. The summed E-state index contributed by atoms with van der Waals surface area (Å²) in [6.45, 7) is 0. The second-order valence-electron chi connectivity index (χ2n) is 5.01. The van der Waals surface area contributed by atoms with E-state index >= 15 is 0 Å². The van der Waals surface area contributed by atoms with Crippen LogP contribution in [0.2, 0.25) is 0 Å². The van der Waals surface area contributed by atoms with E-state index in [2.05, 4.69) is 29.6 Å². The first-order valence-electron chi connectivity index (χ1n) is 6.74. The molecule has 2 nitrogen and oxygen atoms in total. The number of hydrogen-bond acceptors (Lipinski definition) is 2. The van der Waals surface area contributed by atoms with Gasteiger partial charge >= 0.3 is 0 Å². The van der Waals surface area contributed by atoms with Crippen molar-refractivity contribution in [1.82, 2.24) is 5.32 Å². The predicted octanol–water partition coefficient (Wildman–Crippen LogP) is 2.84. The highest BCUT2D eigenvalue weighted by Gasteiger charge is 2.41. The summed E-state index contributed by atoms with van der Waals surface area (Å²) in [5, 5.41) is 3.29. The van der Waals surface area contributed by atoms with Crippen molar-refractivity contribution in [2.45, 2.75) is 24.9 Å². The number of carbonyl (C=O) groups excluding carboxylic acids is 1. The third-order valence-electron chi connectivity index (χ3n) is 3.61. The lowest BCUT2D eigenvalue weighted by Crippen LogP contribution is -2.11. The van der Waals surface area contributed by atoms with Crippen molar-refractivity contribution >= 4 is 5.78 Å². The largest absolute Gasteiger partial charge is 0.301 e. The number of nitrogens with one attached hydrogen (secondary N) is 1. The van der Waals surface area contributed by atoms with Crippen LogP contribution in [0.3, 0.4) is 0 Å². The SMILES string of the molecule is O=C(c1ccccc1)[C@H]1N[C@@H]1CCc1ccccc1. The van der Waals surface area contributed by atoms with Crippen LogP contribution in [0, 0.1) is 0 Å². The van der Waals surface area contributed by atoms with Crippen molar-refractivity contribution in [3.8, 4) is 0 Å². The summed E-state index contributed by atoms with van der Waals surface area (Å²) in [5.41, 5.74) is 2.14. The lowest BCUT2D eigenvalue weighted by atomic mass is 10.0. The highest BCUT2D eigenvalue weighted by Crippen LogP contribution is 2.21. The van der Waals surface area contributed by atoms with E-state index in [0.29, 0.717) is 6.04 Å². The van der Waals surface area contributed by atoms with E-state index < -0.39 is 0 Å².